The minimum Gasteiger partial charge on any atom is -0.329 e. The first-order valence-electron chi connectivity index (χ1n) is 8.18. The number of hydrogen-bond donors (Lipinski definition) is 1. The molecule has 3 rings (SSSR count). The fourth-order valence-electron chi connectivity index (χ4n) is 2.99. The molecule has 1 N–H and O–H groups in total. The van der Waals surface area contributed by atoms with Gasteiger partial charge in [0.15, 0.2) is 0 Å². The number of nitriles is 1. The summed E-state index contributed by atoms with van der Waals surface area (Å²) < 4.78 is 40.1. The Morgan fingerprint density at radius 1 is 1.15 bits per heavy atom. The van der Waals surface area contributed by atoms with Gasteiger partial charge >= 0.3 is 0 Å². The van der Waals surface area contributed by atoms with Crippen LogP contribution in [0.2, 0.25) is 5.02 Å². The van der Waals surface area contributed by atoms with Crippen LogP contribution in [-0.2, 0) is 16.6 Å². The highest BCUT2D eigenvalue weighted by Crippen LogP contribution is 2.22. The van der Waals surface area contributed by atoms with Crippen LogP contribution in [0.1, 0.15) is 11.1 Å². The molecule has 0 amide bonds. The Bertz CT molecular complexity index is 934. The second kappa shape index (κ2) is 7.72. The lowest BCUT2D eigenvalue weighted by molar-refractivity contribution is -0.917. The summed E-state index contributed by atoms with van der Waals surface area (Å²) in [6, 6.07) is 13.0. The van der Waals surface area contributed by atoms with E-state index in [9.17, 15) is 12.8 Å². The van der Waals surface area contributed by atoms with Crippen molar-refractivity contribution in [1.82, 2.24) is 4.31 Å². The zero-order valence-electron chi connectivity index (χ0n) is 14.0. The molecule has 0 spiro atoms. The molecule has 8 heteroatoms. The van der Waals surface area contributed by atoms with E-state index in [2.05, 4.69) is 6.07 Å². The van der Waals surface area contributed by atoms with E-state index in [1.807, 2.05) is 12.1 Å². The standard InChI is InChI=1S/C18H17ClFN3O2S/c19-17-11-16(5-6-18(17)20)26(24,25)23-9-7-22(8-10-23)13-15-3-1-14(12-21)2-4-15/h1-6,11H,7-10,13H2/p+1. The molecule has 0 atom stereocenters. The molecule has 1 aliphatic heterocycles. The average molecular weight is 395 g/mol. The normalized spacial score (nSPS) is 16.3. The van der Waals surface area contributed by atoms with Gasteiger partial charge in [0.05, 0.1) is 47.7 Å². The largest absolute Gasteiger partial charge is 0.329 e. The molecular formula is C18H18ClFN3O2S+. The summed E-state index contributed by atoms with van der Waals surface area (Å²) in [6.07, 6.45) is 0. The minimum atomic E-state index is -3.67. The third-order valence-corrected chi connectivity index (χ3v) is 6.68. The van der Waals surface area contributed by atoms with E-state index >= 15 is 0 Å². The molecule has 1 aliphatic rings. The van der Waals surface area contributed by atoms with Crippen LogP contribution >= 0.6 is 11.6 Å². The van der Waals surface area contributed by atoms with Crippen LogP contribution in [0, 0.1) is 17.1 Å². The van der Waals surface area contributed by atoms with Crippen molar-refractivity contribution < 1.29 is 17.7 Å². The summed E-state index contributed by atoms with van der Waals surface area (Å²) >= 11 is 5.71. The van der Waals surface area contributed by atoms with Gasteiger partial charge in [0, 0.05) is 5.56 Å². The molecule has 0 saturated carbocycles. The fraction of sp³-hybridized carbons (Fsp3) is 0.278. The molecule has 5 nitrogen and oxygen atoms in total. The van der Waals surface area contributed by atoms with Gasteiger partial charge in [-0.1, -0.05) is 23.7 Å². The van der Waals surface area contributed by atoms with Gasteiger partial charge in [-0.15, -0.1) is 0 Å². The molecule has 0 aromatic heterocycles. The maximum absolute atomic E-state index is 13.3. The Morgan fingerprint density at radius 3 is 2.38 bits per heavy atom. The predicted octanol–water partition coefficient (Wildman–Crippen LogP) is 1.44. The zero-order valence-corrected chi connectivity index (χ0v) is 15.5. The smallest absolute Gasteiger partial charge is 0.243 e. The highest BCUT2D eigenvalue weighted by atomic mass is 35.5. The van der Waals surface area contributed by atoms with Crippen molar-refractivity contribution in [2.24, 2.45) is 0 Å². The van der Waals surface area contributed by atoms with Crippen LogP contribution < -0.4 is 4.90 Å². The van der Waals surface area contributed by atoms with Crippen molar-refractivity contribution in [3.05, 3.63) is 64.4 Å². The lowest BCUT2D eigenvalue weighted by Gasteiger charge is -2.31. The average Bonchev–Trinajstić information content (AvgIpc) is 2.65. The van der Waals surface area contributed by atoms with Crippen LogP contribution in [0.5, 0.6) is 0 Å². The van der Waals surface area contributed by atoms with E-state index in [4.69, 9.17) is 16.9 Å². The molecular weight excluding hydrogens is 377 g/mol. The van der Waals surface area contributed by atoms with Crippen LogP contribution in [0.15, 0.2) is 47.4 Å². The summed E-state index contributed by atoms with van der Waals surface area (Å²) in [6.45, 7) is 2.91. The van der Waals surface area contributed by atoms with E-state index in [-0.39, 0.29) is 9.92 Å². The first kappa shape index (κ1) is 18.8. The molecule has 1 fully saturated rings. The second-order valence-corrected chi connectivity index (χ2v) is 8.56. The highest BCUT2D eigenvalue weighted by Gasteiger charge is 2.30. The summed E-state index contributed by atoms with van der Waals surface area (Å²) in [5, 5.41) is 8.64. The Hall–Kier alpha value is -1.98. The molecule has 136 valence electrons. The molecule has 0 bridgehead atoms. The minimum absolute atomic E-state index is 0.0134. The lowest BCUT2D eigenvalue weighted by Crippen LogP contribution is -3.13. The first-order chi connectivity index (χ1) is 12.4. The van der Waals surface area contributed by atoms with Gasteiger partial charge in [-0.05, 0) is 30.3 Å². The first-order valence-corrected chi connectivity index (χ1v) is 10.00. The van der Waals surface area contributed by atoms with Gasteiger partial charge < -0.3 is 4.90 Å². The molecule has 2 aromatic carbocycles. The van der Waals surface area contributed by atoms with Crippen molar-refractivity contribution in [3.63, 3.8) is 0 Å². The zero-order chi connectivity index (χ0) is 18.7. The van der Waals surface area contributed by atoms with Crippen molar-refractivity contribution in [2.45, 2.75) is 11.4 Å². The number of sulfonamides is 1. The summed E-state index contributed by atoms with van der Waals surface area (Å²) in [5.74, 6) is -0.637. The summed E-state index contributed by atoms with van der Waals surface area (Å²) in [4.78, 5) is 1.29. The van der Waals surface area contributed by atoms with Crippen molar-refractivity contribution >= 4 is 21.6 Å². The number of hydrogen-bond acceptors (Lipinski definition) is 3. The highest BCUT2D eigenvalue weighted by molar-refractivity contribution is 7.89. The van der Waals surface area contributed by atoms with E-state index in [0.29, 0.717) is 31.7 Å². The van der Waals surface area contributed by atoms with Crippen LogP contribution in [0.3, 0.4) is 0 Å². The fourth-order valence-corrected chi connectivity index (χ4v) is 4.71. The molecule has 1 saturated heterocycles. The van der Waals surface area contributed by atoms with Crippen LogP contribution in [0.25, 0.3) is 0 Å². The third kappa shape index (κ3) is 4.05. The Morgan fingerprint density at radius 2 is 1.81 bits per heavy atom. The van der Waals surface area contributed by atoms with Crippen LogP contribution in [0.4, 0.5) is 4.39 Å². The molecule has 0 radical (unpaired) electrons. The summed E-state index contributed by atoms with van der Waals surface area (Å²) in [5.41, 5.74) is 1.73. The van der Waals surface area contributed by atoms with Gasteiger partial charge in [-0.3, -0.25) is 0 Å². The lowest BCUT2D eigenvalue weighted by atomic mass is 10.1. The van der Waals surface area contributed by atoms with Crippen molar-refractivity contribution in [2.75, 3.05) is 26.2 Å². The molecule has 26 heavy (non-hydrogen) atoms. The topological polar surface area (TPSA) is 65.6 Å². The maximum atomic E-state index is 13.3. The van der Waals surface area contributed by atoms with E-state index < -0.39 is 15.8 Å². The van der Waals surface area contributed by atoms with E-state index in [1.165, 1.54) is 15.3 Å². The Balaban J connectivity index is 1.63. The van der Waals surface area contributed by atoms with Crippen molar-refractivity contribution in [3.8, 4) is 6.07 Å². The van der Waals surface area contributed by atoms with E-state index in [1.54, 1.807) is 12.1 Å². The SMILES string of the molecule is N#Cc1ccc(C[NH+]2CCN(S(=O)(=O)c3ccc(F)c(Cl)c3)CC2)cc1. The number of quaternary nitrogens is 1. The number of halogens is 2. The molecule has 2 aromatic rings. The number of rotatable bonds is 4. The second-order valence-electron chi connectivity index (χ2n) is 6.22. The Labute approximate surface area is 157 Å². The van der Waals surface area contributed by atoms with Gasteiger partial charge in [-0.2, -0.15) is 9.57 Å². The molecule has 0 unspecified atom stereocenters. The van der Waals surface area contributed by atoms with Gasteiger partial charge in [0.25, 0.3) is 0 Å². The van der Waals surface area contributed by atoms with Crippen LogP contribution in [-0.4, -0.2) is 38.9 Å². The van der Waals surface area contributed by atoms with Gasteiger partial charge in [-0.25, -0.2) is 12.8 Å². The quantitative estimate of drug-likeness (QED) is 0.853. The third-order valence-electron chi connectivity index (χ3n) is 4.50. The van der Waals surface area contributed by atoms with Gasteiger partial charge in [0.2, 0.25) is 10.0 Å². The monoisotopic (exact) mass is 394 g/mol. The van der Waals surface area contributed by atoms with E-state index in [0.717, 1.165) is 24.2 Å². The Kier molecular flexibility index (Phi) is 5.58. The number of benzene rings is 2. The number of nitrogens with zero attached hydrogens (tertiary/aromatic N) is 2. The summed E-state index contributed by atoms with van der Waals surface area (Å²) in [7, 11) is -3.67. The number of nitrogens with one attached hydrogen (secondary N) is 1. The number of piperazine rings is 1. The van der Waals surface area contributed by atoms with Gasteiger partial charge in [0.1, 0.15) is 12.4 Å². The molecule has 1 heterocycles. The predicted molar refractivity (Wildman–Crippen MR) is 95.7 cm³/mol. The van der Waals surface area contributed by atoms with Crippen molar-refractivity contribution in [1.29, 1.82) is 5.26 Å². The molecule has 0 aliphatic carbocycles. The maximum Gasteiger partial charge on any atom is 0.243 e.